The fraction of sp³-hybridized carbons (Fsp3) is 0.962. The van der Waals surface area contributed by atoms with Crippen LogP contribution in [0.3, 0.4) is 0 Å². The van der Waals surface area contributed by atoms with Crippen LogP contribution >= 0.6 is 0 Å². The van der Waals surface area contributed by atoms with Crippen LogP contribution in [0.5, 0.6) is 0 Å². The van der Waals surface area contributed by atoms with Gasteiger partial charge in [0.05, 0.1) is 0 Å². The molecule has 7 heteroatoms. The molecule has 0 aromatic carbocycles. The van der Waals surface area contributed by atoms with Crippen molar-refractivity contribution in [2.45, 2.75) is 147 Å². The summed E-state index contributed by atoms with van der Waals surface area (Å²) >= 11 is 0. The summed E-state index contributed by atoms with van der Waals surface area (Å²) in [6.45, 7) is 4.33. The van der Waals surface area contributed by atoms with E-state index in [0.29, 0.717) is 13.0 Å². The summed E-state index contributed by atoms with van der Waals surface area (Å²) in [6, 6.07) is 0. The minimum Gasteiger partial charge on any atom is -0.463 e. The van der Waals surface area contributed by atoms with Crippen LogP contribution in [-0.2, 0) is 19.0 Å². The summed E-state index contributed by atoms with van der Waals surface area (Å²) in [4.78, 5) is 12.1. The highest BCUT2D eigenvalue weighted by atomic mass is 16.7. The van der Waals surface area contributed by atoms with E-state index in [1.165, 1.54) is 57.8 Å². The Hall–Kier alpha value is -0.730. The SMILES string of the molecule is [2H]C(CCCCCCCCCCCCC)CC(=O)OC[C@H]1OC(OCCCC)[C@H](O)[C@@H](O)[C@H]1O. The predicted molar refractivity (Wildman–Crippen MR) is 129 cm³/mol. The number of carbonyl (C=O) groups is 1. The quantitative estimate of drug-likeness (QED) is 0.174. The van der Waals surface area contributed by atoms with Gasteiger partial charge in [0.25, 0.3) is 0 Å². The summed E-state index contributed by atoms with van der Waals surface area (Å²) < 4.78 is 24.3. The van der Waals surface area contributed by atoms with Crippen LogP contribution in [-0.4, -0.2) is 65.2 Å². The molecule has 0 aliphatic carbocycles. The molecule has 1 rings (SSSR count). The molecule has 196 valence electrons. The monoisotopic (exact) mass is 475 g/mol. The Labute approximate surface area is 202 Å². The van der Waals surface area contributed by atoms with Crippen molar-refractivity contribution in [3.8, 4) is 0 Å². The lowest BCUT2D eigenvalue weighted by Crippen LogP contribution is -2.59. The van der Waals surface area contributed by atoms with Gasteiger partial charge in [0.15, 0.2) is 6.29 Å². The number of aliphatic hydroxyl groups excluding tert-OH is 3. The van der Waals surface area contributed by atoms with E-state index in [2.05, 4.69) is 6.92 Å². The maximum Gasteiger partial charge on any atom is 0.305 e. The van der Waals surface area contributed by atoms with Crippen molar-refractivity contribution in [2.75, 3.05) is 13.2 Å². The van der Waals surface area contributed by atoms with E-state index in [9.17, 15) is 20.1 Å². The van der Waals surface area contributed by atoms with Gasteiger partial charge in [-0.25, -0.2) is 0 Å². The Bertz CT molecular complexity index is 508. The highest BCUT2D eigenvalue weighted by Gasteiger charge is 2.44. The van der Waals surface area contributed by atoms with E-state index >= 15 is 0 Å². The molecule has 0 aromatic heterocycles. The largest absolute Gasteiger partial charge is 0.463 e. The molecular weight excluding hydrogens is 424 g/mol. The molecule has 3 N–H and O–H groups in total. The van der Waals surface area contributed by atoms with Crippen molar-refractivity contribution >= 4 is 5.97 Å². The van der Waals surface area contributed by atoms with Crippen molar-refractivity contribution < 1.29 is 35.7 Å². The summed E-state index contributed by atoms with van der Waals surface area (Å²) in [5.41, 5.74) is 0. The van der Waals surface area contributed by atoms with E-state index in [-0.39, 0.29) is 13.0 Å². The summed E-state index contributed by atoms with van der Waals surface area (Å²) in [5, 5.41) is 30.2. The zero-order valence-corrected chi connectivity index (χ0v) is 21.0. The van der Waals surface area contributed by atoms with Gasteiger partial charge in [0.2, 0.25) is 0 Å². The number of ether oxygens (including phenoxy) is 3. The van der Waals surface area contributed by atoms with E-state index in [0.717, 1.165) is 25.7 Å². The number of rotatable bonds is 20. The second-order valence-electron chi connectivity index (χ2n) is 9.24. The summed E-state index contributed by atoms with van der Waals surface area (Å²) in [5.74, 6) is -0.525. The smallest absolute Gasteiger partial charge is 0.305 e. The third-order valence-electron chi connectivity index (χ3n) is 6.18. The standard InChI is InChI=1S/C26H50O7/c1-3-5-7-8-9-10-11-12-13-14-15-16-17-18-22(27)32-20-21-23(28)24(29)25(30)26(33-21)31-19-6-4-2/h21,23-26,28-30H,3-20H2,1-2H3/t21-,23+,24+,25-,26?/m1/s1/i17D/t17?,21-,23+,24+,25-,26?. The number of hydrogen-bond acceptors (Lipinski definition) is 7. The second kappa shape index (κ2) is 19.6. The van der Waals surface area contributed by atoms with Crippen molar-refractivity contribution in [2.24, 2.45) is 0 Å². The van der Waals surface area contributed by atoms with Crippen LogP contribution < -0.4 is 0 Å². The van der Waals surface area contributed by atoms with Crippen LogP contribution in [0.25, 0.3) is 0 Å². The van der Waals surface area contributed by atoms with E-state index in [1.54, 1.807) is 0 Å². The molecule has 33 heavy (non-hydrogen) atoms. The zero-order chi connectivity index (χ0) is 25.2. The van der Waals surface area contributed by atoms with Gasteiger partial charge in [-0.1, -0.05) is 97.3 Å². The molecule has 1 fully saturated rings. The van der Waals surface area contributed by atoms with Crippen LogP contribution in [0.4, 0.5) is 0 Å². The Kier molecular flexibility index (Phi) is 16.9. The lowest BCUT2D eigenvalue weighted by molar-refractivity contribution is -0.301. The van der Waals surface area contributed by atoms with Crippen LogP contribution in [0.2, 0.25) is 0 Å². The molecule has 0 spiro atoms. The highest BCUT2D eigenvalue weighted by Crippen LogP contribution is 2.23. The fourth-order valence-electron chi connectivity index (χ4n) is 3.94. The van der Waals surface area contributed by atoms with Crippen molar-refractivity contribution in [1.29, 1.82) is 0 Å². The first kappa shape index (κ1) is 28.5. The number of unbranched alkanes of at least 4 members (excludes halogenated alkanes) is 11. The second-order valence-corrected chi connectivity index (χ2v) is 9.24. The Morgan fingerprint density at radius 1 is 0.788 bits per heavy atom. The molecule has 1 saturated heterocycles. The van der Waals surface area contributed by atoms with Gasteiger partial charge in [-0.3, -0.25) is 4.79 Å². The lowest BCUT2D eigenvalue weighted by atomic mass is 9.99. The van der Waals surface area contributed by atoms with Crippen LogP contribution in [0.1, 0.15) is 118 Å². The van der Waals surface area contributed by atoms with Gasteiger partial charge >= 0.3 is 5.97 Å². The van der Waals surface area contributed by atoms with Gasteiger partial charge in [0.1, 0.15) is 31.0 Å². The van der Waals surface area contributed by atoms with Gasteiger partial charge < -0.3 is 29.5 Å². The minimum atomic E-state index is -1.45. The normalized spacial score (nSPS) is 26.7. The molecule has 1 heterocycles. The predicted octanol–water partition coefficient (Wildman–Crippen LogP) is 4.64. The first-order valence-corrected chi connectivity index (χ1v) is 13.3. The molecule has 1 aliphatic heterocycles. The highest BCUT2D eigenvalue weighted by molar-refractivity contribution is 5.69. The Balaban J connectivity index is 2.14. The first-order valence-electron chi connectivity index (χ1n) is 13.9. The minimum absolute atomic E-state index is 0.0117. The average Bonchev–Trinajstić information content (AvgIpc) is 2.82. The number of hydrogen-bond donors (Lipinski definition) is 3. The molecule has 2 unspecified atom stereocenters. The maximum atomic E-state index is 12.1. The molecule has 1 aliphatic rings. The first-order chi connectivity index (χ1) is 16.4. The average molecular weight is 476 g/mol. The number of esters is 1. The molecular formula is C26H50O7. The van der Waals surface area contributed by atoms with E-state index in [4.69, 9.17) is 15.6 Å². The summed E-state index contributed by atoms with van der Waals surface area (Å²) in [6.07, 6.45) is 9.25. The number of aliphatic hydroxyl groups is 3. The van der Waals surface area contributed by atoms with Gasteiger partial charge in [-0.15, -0.1) is 0 Å². The maximum absolute atomic E-state index is 12.1. The topological polar surface area (TPSA) is 105 Å². The Morgan fingerprint density at radius 2 is 1.33 bits per heavy atom. The van der Waals surface area contributed by atoms with Gasteiger partial charge in [-0.05, 0) is 12.8 Å². The fourth-order valence-corrected chi connectivity index (χ4v) is 3.94. The lowest BCUT2D eigenvalue weighted by Gasteiger charge is -2.39. The van der Waals surface area contributed by atoms with E-state index in [1.807, 2.05) is 6.92 Å². The summed E-state index contributed by atoms with van der Waals surface area (Å²) in [7, 11) is 0. The number of carbonyl (C=O) groups excluding carboxylic acids is 1. The molecule has 0 radical (unpaired) electrons. The molecule has 0 amide bonds. The van der Waals surface area contributed by atoms with Crippen LogP contribution in [0.15, 0.2) is 0 Å². The Morgan fingerprint density at radius 3 is 1.91 bits per heavy atom. The van der Waals surface area contributed by atoms with Crippen molar-refractivity contribution in [3.05, 3.63) is 0 Å². The van der Waals surface area contributed by atoms with Gasteiger partial charge in [0, 0.05) is 14.4 Å². The third-order valence-corrected chi connectivity index (χ3v) is 6.18. The van der Waals surface area contributed by atoms with Crippen molar-refractivity contribution in [1.82, 2.24) is 0 Å². The zero-order valence-electron chi connectivity index (χ0n) is 22.0. The molecule has 0 saturated carbocycles. The molecule has 0 bridgehead atoms. The molecule has 0 aromatic rings. The van der Waals surface area contributed by atoms with Crippen LogP contribution in [0, 0.1) is 0 Å². The molecule has 6 atom stereocenters. The van der Waals surface area contributed by atoms with E-state index < -0.39 is 43.1 Å². The van der Waals surface area contributed by atoms with Gasteiger partial charge in [-0.2, -0.15) is 0 Å². The third kappa shape index (κ3) is 13.7. The van der Waals surface area contributed by atoms with Crippen molar-refractivity contribution in [3.63, 3.8) is 0 Å². The molecule has 7 nitrogen and oxygen atoms in total.